The van der Waals surface area contributed by atoms with E-state index in [2.05, 4.69) is 24.1 Å². The maximum Gasteiger partial charge on any atom is 0.424 e. The summed E-state index contributed by atoms with van der Waals surface area (Å²) in [6.07, 6.45) is 5.38. The van der Waals surface area contributed by atoms with Gasteiger partial charge in [0.25, 0.3) is 0 Å². The lowest BCUT2D eigenvalue weighted by atomic mass is 10.0. The van der Waals surface area contributed by atoms with Gasteiger partial charge in [-0.25, -0.2) is 14.8 Å². The van der Waals surface area contributed by atoms with Crippen molar-refractivity contribution in [2.45, 2.75) is 51.1 Å². The molecular formula is C17H24N2O2. The molecule has 114 valence electrons. The van der Waals surface area contributed by atoms with Gasteiger partial charge < -0.3 is 4.74 Å². The van der Waals surface area contributed by atoms with Gasteiger partial charge in [0, 0.05) is 12.6 Å². The van der Waals surface area contributed by atoms with E-state index in [1.807, 2.05) is 23.2 Å². The van der Waals surface area contributed by atoms with E-state index in [1.54, 1.807) is 0 Å². The number of carbonyl (C=O) groups excluding carboxylic acids is 1. The molecule has 1 amide bonds. The summed E-state index contributed by atoms with van der Waals surface area (Å²) in [6.45, 7) is 3.68. The molecule has 2 fully saturated rings. The van der Waals surface area contributed by atoms with E-state index in [4.69, 9.17) is 4.74 Å². The summed E-state index contributed by atoms with van der Waals surface area (Å²) < 4.78 is 5.34. The number of hydrazine groups is 1. The van der Waals surface area contributed by atoms with Gasteiger partial charge in [-0.2, -0.15) is 0 Å². The molecule has 0 spiro atoms. The van der Waals surface area contributed by atoms with Gasteiger partial charge in [-0.1, -0.05) is 43.7 Å². The van der Waals surface area contributed by atoms with Gasteiger partial charge in [-0.15, -0.1) is 0 Å². The Kier molecular flexibility index (Phi) is 4.44. The number of benzene rings is 1. The molecule has 0 N–H and O–H groups in total. The molecule has 4 heteroatoms. The van der Waals surface area contributed by atoms with Crippen LogP contribution in [0.2, 0.25) is 0 Å². The highest BCUT2D eigenvalue weighted by atomic mass is 16.6. The molecule has 4 nitrogen and oxygen atoms in total. The van der Waals surface area contributed by atoms with Gasteiger partial charge in [0.15, 0.2) is 0 Å². The van der Waals surface area contributed by atoms with Crippen molar-refractivity contribution < 1.29 is 9.53 Å². The first-order valence-electron chi connectivity index (χ1n) is 8.06. The number of amides is 1. The average Bonchev–Trinajstić information content (AvgIpc) is 2.89. The van der Waals surface area contributed by atoms with Crippen LogP contribution in [-0.4, -0.2) is 41.3 Å². The van der Waals surface area contributed by atoms with Crippen LogP contribution in [0.4, 0.5) is 4.79 Å². The molecule has 2 atom stereocenters. The van der Waals surface area contributed by atoms with E-state index in [0.29, 0.717) is 12.6 Å². The molecule has 2 saturated heterocycles. The normalized spacial score (nSPS) is 26.9. The van der Waals surface area contributed by atoms with Crippen molar-refractivity contribution in [3.05, 3.63) is 35.9 Å². The van der Waals surface area contributed by atoms with Crippen molar-refractivity contribution in [2.75, 3.05) is 13.2 Å². The van der Waals surface area contributed by atoms with Crippen LogP contribution in [0.25, 0.3) is 0 Å². The predicted molar refractivity (Wildman–Crippen MR) is 81.8 cm³/mol. The second-order valence-electron chi connectivity index (χ2n) is 5.99. The Bertz CT molecular complexity index is 477. The summed E-state index contributed by atoms with van der Waals surface area (Å²) in [5.74, 6) is 0. The monoisotopic (exact) mass is 288 g/mol. The fraction of sp³-hybridized carbons (Fsp3) is 0.588. The smallest absolute Gasteiger partial charge is 0.424 e. The number of nitrogens with zero attached hydrogens (tertiary/aromatic N) is 2. The minimum Gasteiger partial charge on any atom is -0.446 e. The molecule has 21 heavy (non-hydrogen) atoms. The number of piperidine rings is 1. The van der Waals surface area contributed by atoms with Crippen molar-refractivity contribution in [3.8, 4) is 0 Å². The van der Waals surface area contributed by atoms with Gasteiger partial charge in [0.1, 0.15) is 6.61 Å². The molecule has 2 aliphatic rings. The van der Waals surface area contributed by atoms with Crippen LogP contribution in [-0.2, 0) is 11.2 Å². The zero-order chi connectivity index (χ0) is 14.7. The van der Waals surface area contributed by atoms with Crippen LogP contribution < -0.4 is 0 Å². The summed E-state index contributed by atoms with van der Waals surface area (Å²) in [6, 6.07) is 11.0. The average molecular weight is 288 g/mol. The molecule has 1 aromatic rings. The number of hydrogen-bond donors (Lipinski definition) is 0. The number of ether oxygens (including phenoxy) is 1. The number of cyclic esters (lactones) is 1. The van der Waals surface area contributed by atoms with Gasteiger partial charge >= 0.3 is 6.09 Å². The number of carbonyl (C=O) groups is 1. The molecule has 0 saturated carbocycles. The van der Waals surface area contributed by atoms with Crippen LogP contribution >= 0.6 is 0 Å². The Morgan fingerprint density at radius 1 is 1.19 bits per heavy atom. The first-order valence-corrected chi connectivity index (χ1v) is 8.06. The molecule has 1 aromatic carbocycles. The standard InChI is InChI=1S/C17H24N2O2/c1-2-15-10-6-7-11-18(15)19-16(13-21-17(19)20)12-14-8-4-3-5-9-14/h3-5,8-9,15-16H,2,6-7,10-13H2,1H3/t15-,16+/m1/s1. The van der Waals surface area contributed by atoms with E-state index in [-0.39, 0.29) is 12.1 Å². The minimum atomic E-state index is -0.170. The Hall–Kier alpha value is -1.55. The number of rotatable bonds is 4. The lowest BCUT2D eigenvalue weighted by molar-refractivity contribution is -0.0564. The van der Waals surface area contributed by atoms with E-state index in [9.17, 15) is 4.79 Å². The first kappa shape index (κ1) is 14.4. The third-order valence-electron chi connectivity index (χ3n) is 4.59. The molecular weight excluding hydrogens is 264 g/mol. The largest absolute Gasteiger partial charge is 0.446 e. The van der Waals surface area contributed by atoms with Crippen LogP contribution in [0, 0.1) is 0 Å². The summed E-state index contributed by atoms with van der Waals surface area (Å²) in [7, 11) is 0. The fourth-order valence-electron chi connectivity index (χ4n) is 3.48. The summed E-state index contributed by atoms with van der Waals surface area (Å²) in [4.78, 5) is 12.2. The third-order valence-corrected chi connectivity index (χ3v) is 4.59. The highest BCUT2D eigenvalue weighted by molar-refractivity contribution is 5.69. The van der Waals surface area contributed by atoms with Gasteiger partial charge in [0.2, 0.25) is 0 Å². The Balaban J connectivity index is 1.75. The van der Waals surface area contributed by atoms with Gasteiger partial charge in [-0.3, -0.25) is 0 Å². The molecule has 0 unspecified atom stereocenters. The molecule has 0 radical (unpaired) electrons. The summed E-state index contributed by atoms with van der Waals surface area (Å²) >= 11 is 0. The topological polar surface area (TPSA) is 32.8 Å². The highest BCUT2D eigenvalue weighted by Gasteiger charge is 2.40. The van der Waals surface area contributed by atoms with Gasteiger partial charge in [0.05, 0.1) is 6.04 Å². The van der Waals surface area contributed by atoms with Crippen molar-refractivity contribution in [3.63, 3.8) is 0 Å². The Labute approximate surface area is 126 Å². The zero-order valence-corrected chi connectivity index (χ0v) is 12.7. The predicted octanol–water partition coefficient (Wildman–Crippen LogP) is 3.23. The Morgan fingerprint density at radius 2 is 2.00 bits per heavy atom. The van der Waals surface area contributed by atoms with E-state index >= 15 is 0 Å². The van der Waals surface area contributed by atoms with Crippen LogP contribution in [0.5, 0.6) is 0 Å². The third kappa shape index (κ3) is 3.05. The molecule has 3 rings (SSSR count). The maximum absolute atomic E-state index is 12.2. The van der Waals surface area contributed by atoms with Crippen molar-refractivity contribution in [1.29, 1.82) is 0 Å². The second kappa shape index (κ2) is 6.48. The van der Waals surface area contributed by atoms with Crippen LogP contribution in [0.15, 0.2) is 30.3 Å². The fourth-order valence-corrected chi connectivity index (χ4v) is 3.48. The molecule has 2 aliphatic heterocycles. The minimum absolute atomic E-state index is 0.132. The SMILES string of the molecule is CC[C@@H]1CCCCN1N1C(=O)OC[C@@H]1Cc1ccccc1. The van der Waals surface area contributed by atoms with Gasteiger partial charge in [-0.05, 0) is 31.2 Å². The summed E-state index contributed by atoms with van der Waals surface area (Å²) in [5, 5.41) is 4.17. The molecule has 0 aromatic heterocycles. The first-order chi connectivity index (χ1) is 10.3. The molecule has 0 aliphatic carbocycles. The van der Waals surface area contributed by atoms with E-state index in [0.717, 1.165) is 19.4 Å². The van der Waals surface area contributed by atoms with Crippen molar-refractivity contribution in [1.82, 2.24) is 10.0 Å². The molecule has 0 bridgehead atoms. The van der Waals surface area contributed by atoms with E-state index < -0.39 is 0 Å². The van der Waals surface area contributed by atoms with Crippen LogP contribution in [0.3, 0.4) is 0 Å². The van der Waals surface area contributed by atoms with E-state index in [1.165, 1.54) is 24.8 Å². The van der Waals surface area contributed by atoms with Crippen LogP contribution in [0.1, 0.15) is 38.2 Å². The van der Waals surface area contributed by atoms with Crippen molar-refractivity contribution >= 4 is 6.09 Å². The number of hydrogen-bond acceptors (Lipinski definition) is 3. The Morgan fingerprint density at radius 3 is 2.76 bits per heavy atom. The highest BCUT2D eigenvalue weighted by Crippen LogP contribution is 2.27. The van der Waals surface area contributed by atoms with Crippen molar-refractivity contribution in [2.24, 2.45) is 0 Å². The maximum atomic E-state index is 12.2. The second-order valence-corrected chi connectivity index (χ2v) is 5.99. The lowest BCUT2D eigenvalue weighted by Gasteiger charge is -2.42. The lowest BCUT2D eigenvalue weighted by Crippen LogP contribution is -2.55. The molecule has 2 heterocycles. The quantitative estimate of drug-likeness (QED) is 0.852. The zero-order valence-electron chi connectivity index (χ0n) is 12.7. The summed E-state index contributed by atoms with van der Waals surface area (Å²) in [5.41, 5.74) is 1.26.